The summed E-state index contributed by atoms with van der Waals surface area (Å²) in [6, 6.07) is 18.0. The Morgan fingerprint density at radius 1 is 1.09 bits per heavy atom. The average molecular weight is 486 g/mol. The molecule has 1 aliphatic rings. The predicted octanol–water partition coefficient (Wildman–Crippen LogP) is 3.73. The van der Waals surface area contributed by atoms with Crippen molar-refractivity contribution in [2.75, 3.05) is 33.9 Å². The maximum Gasteiger partial charge on any atom is 0.264 e. The number of rotatable bonds is 6. The molecule has 4 rings (SSSR count). The van der Waals surface area contributed by atoms with E-state index in [1.165, 1.54) is 47.0 Å². The normalized spacial score (nSPS) is 13.3. The van der Waals surface area contributed by atoms with Gasteiger partial charge in [0.2, 0.25) is 11.8 Å². The SMILES string of the molecule is CSc1ccc(S(=O)(=O)N(CC(=O)N2CC(=O)Nc3ccccc32)c2cccc(F)c2)cc1. The fraction of sp³-hybridized carbons (Fsp3) is 0.130. The molecule has 0 fully saturated rings. The Morgan fingerprint density at radius 2 is 1.82 bits per heavy atom. The molecule has 0 aromatic heterocycles. The van der Waals surface area contributed by atoms with Crippen LogP contribution in [0.4, 0.5) is 21.5 Å². The standard InChI is InChI=1S/C23H20FN3O4S2/c1-32-18-9-11-19(12-10-18)33(30,31)27(17-6-4-5-16(24)13-17)15-23(29)26-14-22(28)25-20-7-2-3-8-21(20)26/h2-13H,14-15H2,1H3,(H,25,28). The maximum absolute atomic E-state index is 14.0. The molecule has 7 nitrogen and oxygen atoms in total. The van der Waals surface area contributed by atoms with Crippen molar-refractivity contribution in [2.45, 2.75) is 9.79 Å². The van der Waals surface area contributed by atoms with Gasteiger partial charge in [0.05, 0.1) is 22.0 Å². The quantitative estimate of drug-likeness (QED) is 0.538. The zero-order valence-electron chi connectivity index (χ0n) is 17.6. The molecule has 1 N–H and O–H groups in total. The molecule has 1 aliphatic heterocycles. The number of anilines is 3. The second kappa shape index (κ2) is 9.24. The lowest BCUT2D eigenvalue weighted by molar-refractivity contribution is -0.121. The molecule has 0 radical (unpaired) electrons. The van der Waals surface area contributed by atoms with Gasteiger partial charge in [0.15, 0.2) is 0 Å². The summed E-state index contributed by atoms with van der Waals surface area (Å²) in [7, 11) is -4.21. The van der Waals surface area contributed by atoms with Crippen molar-refractivity contribution >= 4 is 50.7 Å². The van der Waals surface area contributed by atoms with Crippen LogP contribution in [0, 0.1) is 5.82 Å². The van der Waals surface area contributed by atoms with E-state index in [9.17, 15) is 22.4 Å². The van der Waals surface area contributed by atoms with Crippen LogP contribution in [-0.4, -0.2) is 39.6 Å². The van der Waals surface area contributed by atoms with Crippen LogP contribution >= 0.6 is 11.8 Å². The Morgan fingerprint density at radius 3 is 2.52 bits per heavy atom. The van der Waals surface area contributed by atoms with Crippen molar-refractivity contribution in [1.82, 2.24) is 0 Å². The van der Waals surface area contributed by atoms with E-state index in [1.54, 1.807) is 36.4 Å². The number of carbonyl (C=O) groups excluding carboxylic acids is 2. The lowest BCUT2D eigenvalue weighted by atomic mass is 10.2. The molecule has 10 heteroatoms. The van der Waals surface area contributed by atoms with E-state index in [4.69, 9.17) is 0 Å². The van der Waals surface area contributed by atoms with Crippen LogP contribution in [0.25, 0.3) is 0 Å². The van der Waals surface area contributed by atoms with Crippen molar-refractivity contribution in [3.8, 4) is 0 Å². The summed E-state index contributed by atoms with van der Waals surface area (Å²) < 4.78 is 41.9. The first kappa shape index (κ1) is 22.8. The largest absolute Gasteiger partial charge is 0.323 e. The van der Waals surface area contributed by atoms with Gasteiger partial charge in [0, 0.05) is 4.90 Å². The zero-order chi connectivity index (χ0) is 23.6. The predicted molar refractivity (Wildman–Crippen MR) is 127 cm³/mol. The summed E-state index contributed by atoms with van der Waals surface area (Å²) in [5, 5.41) is 2.69. The van der Waals surface area contributed by atoms with E-state index in [0.29, 0.717) is 11.4 Å². The Balaban J connectivity index is 1.73. The van der Waals surface area contributed by atoms with Gasteiger partial charge >= 0.3 is 0 Å². The van der Waals surface area contributed by atoms with Crippen molar-refractivity contribution in [2.24, 2.45) is 0 Å². The van der Waals surface area contributed by atoms with Gasteiger partial charge in [0.25, 0.3) is 10.0 Å². The minimum atomic E-state index is -4.21. The van der Waals surface area contributed by atoms with E-state index < -0.39 is 34.2 Å². The Hall–Kier alpha value is -3.37. The van der Waals surface area contributed by atoms with Crippen LogP contribution in [-0.2, 0) is 19.6 Å². The van der Waals surface area contributed by atoms with Gasteiger partial charge in [-0.3, -0.25) is 18.8 Å². The van der Waals surface area contributed by atoms with Crippen LogP contribution in [0.2, 0.25) is 0 Å². The Labute approximate surface area is 195 Å². The fourth-order valence-electron chi connectivity index (χ4n) is 3.49. The molecule has 0 bridgehead atoms. The molecule has 1 heterocycles. The number of sulfonamides is 1. The number of thioether (sulfide) groups is 1. The number of fused-ring (bicyclic) bond motifs is 1. The second-order valence-electron chi connectivity index (χ2n) is 7.21. The van der Waals surface area contributed by atoms with Crippen molar-refractivity contribution in [3.63, 3.8) is 0 Å². The molecule has 0 unspecified atom stereocenters. The Kier molecular flexibility index (Phi) is 6.39. The maximum atomic E-state index is 14.0. The van der Waals surface area contributed by atoms with Crippen LogP contribution in [0.3, 0.4) is 0 Å². The van der Waals surface area contributed by atoms with E-state index in [0.717, 1.165) is 15.3 Å². The third-order valence-corrected chi connectivity index (χ3v) is 7.63. The number of nitrogens with one attached hydrogen (secondary N) is 1. The van der Waals surface area contributed by atoms with Crippen LogP contribution in [0.5, 0.6) is 0 Å². The number of para-hydroxylation sites is 2. The van der Waals surface area contributed by atoms with E-state index in [2.05, 4.69) is 5.32 Å². The number of carbonyl (C=O) groups is 2. The minimum Gasteiger partial charge on any atom is -0.323 e. The number of halogens is 1. The van der Waals surface area contributed by atoms with Crippen LogP contribution in [0.15, 0.2) is 82.6 Å². The number of amides is 2. The molecule has 0 saturated heterocycles. The smallest absolute Gasteiger partial charge is 0.264 e. The van der Waals surface area contributed by atoms with Gasteiger partial charge < -0.3 is 5.32 Å². The van der Waals surface area contributed by atoms with Crippen molar-refractivity contribution < 1.29 is 22.4 Å². The molecule has 0 atom stereocenters. The monoisotopic (exact) mass is 485 g/mol. The van der Waals surface area contributed by atoms with E-state index >= 15 is 0 Å². The first-order valence-corrected chi connectivity index (χ1v) is 12.6. The van der Waals surface area contributed by atoms with Gasteiger partial charge in [-0.15, -0.1) is 11.8 Å². The van der Waals surface area contributed by atoms with Crippen molar-refractivity contribution in [1.29, 1.82) is 0 Å². The molecule has 0 aliphatic carbocycles. The first-order chi connectivity index (χ1) is 15.8. The van der Waals surface area contributed by atoms with Gasteiger partial charge in [-0.1, -0.05) is 18.2 Å². The summed E-state index contributed by atoms with van der Waals surface area (Å²) in [6.07, 6.45) is 1.87. The lowest BCUT2D eigenvalue weighted by Gasteiger charge is -2.31. The highest BCUT2D eigenvalue weighted by atomic mass is 32.2. The third-order valence-electron chi connectivity index (χ3n) is 5.09. The first-order valence-electron chi connectivity index (χ1n) is 9.91. The molecule has 3 aromatic rings. The second-order valence-corrected chi connectivity index (χ2v) is 9.95. The average Bonchev–Trinajstić information content (AvgIpc) is 2.81. The molecule has 3 aromatic carbocycles. The summed E-state index contributed by atoms with van der Waals surface area (Å²) in [6.45, 7) is -0.868. The summed E-state index contributed by atoms with van der Waals surface area (Å²) >= 11 is 1.46. The van der Waals surface area contributed by atoms with Gasteiger partial charge in [-0.2, -0.15) is 0 Å². The van der Waals surface area contributed by atoms with Crippen LogP contribution < -0.4 is 14.5 Å². The molecule has 33 heavy (non-hydrogen) atoms. The summed E-state index contributed by atoms with van der Waals surface area (Å²) in [5.74, 6) is -1.65. The number of hydrogen-bond acceptors (Lipinski definition) is 5. The highest BCUT2D eigenvalue weighted by Crippen LogP contribution is 2.31. The topological polar surface area (TPSA) is 86.8 Å². The molecule has 170 valence electrons. The summed E-state index contributed by atoms with van der Waals surface area (Å²) in [4.78, 5) is 27.5. The van der Waals surface area contributed by atoms with Crippen molar-refractivity contribution in [3.05, 3.63) is 78.6 Å². The lowest BCUT2D eigenvalue weighted by Crippen LogP contribution is -2.48. The fourth-order valence-corrected chi connectivity index (χ4v) is 5.30. The minimum absolute atomic E-state index is 0.00652. The molecule has 0 spiro atoms. The van der Waals surface area contributed by atoms with Gasteiger partial charge in [0.1, 0.15) is 18.9 Å². The third kappa shape index (κ3) is 4.71. The summed E-state index contributed by atoms with van der Waals surface area (Å²) in [5.41, 5.74) is 0.921. The molecule has 0 saturated carbocycles. The molecular weight excluding hydrogens is 465 g/mol. The Bertz CT molecular complexity index is 1310. The number of nitrogens with zero attached hydrogens (tertiary/aromatic N) is 2. The van der Waals surface area contributed by atoms with Gasteiger partial charge in [-0.25, -0.2) is 12.8 Å². The van der Waals surface area contributed by atoms with E-state index in [1.807, 2.05) is 6.26 Å². The number of hydrogen-bond donors (Lipinski definition) is 1. The van der Waals surface area contributed by atoms with Crippen LogP contribution in [0.1, 0.15) is 0 Å². The molecular formula is C23H20FN3O4S2. The zero-order valence-corrected chi connectivity index (χ0v) is 19.2. The number of benzene rings is 3. The van der Waals surface area contributed by atoms with E-state index in [-0.39, 0.29) is 17.1 Å². The highest BCUT2D eigenvalue weighted by Gasteiger charge is 2.32. The van der Waals surface area contributed by atoms with Gasteiger partial charge in [-0.05, 0) is 60.9 Å². The molecule has 2 amide bonds. The highest BCUT2D eigenvalue weighted by molar-refractivity contribution is 7.98.